The number of rotatable bonds is 3. The van der Waals surface area contributed by atoms with Crippen LogP contribution in [0.4, 0.5) is 0 Å². The molecule has 0 fully saturated rings. The van der Waals surface area contributed by atoms with E-state index in [-0.39, 0.29) is 0 Å². The molecule has 0 rings (SSSR count). The van der Waals surface area contributed by atoms with Crippen molar-refractivity contribution in [2.75, 3.05) is 38.2 Å². The quantitative estimate of drug-likeness (QED) is 0.168. The monoisotopic (exact) mass is 506 g/mol. The first-order chi connectivity index (χ1) is 11.7. The second-order valence-corrected chi connectivity index (χ2v) is 10.3. The fourth-order valence-electron chi connectivity index (χ4n) is 0.243. The Balaban J connectivity index is -0.0000000802. The van der Waals surface area contributed by atoms with Crippen LogP contribution in [0.25, 0.3) is 0 Å². The molecule has 2 atom stereocenters. The van der Waals surface area contributed by atoms with Gasteiger partial charge in [0.25, 0.3) is 40.5 Å². The topological polar surface area (TPSA) is 298 Å². The second-order valence-electron chi connectivity index (χ2n) is 4.43. The van der Waals surface area contributed by atoms with E-state index in [4.69, 9.17) is 38.6 Å². The first kappa shape index (κ1) is 38.1. The summed E-state index contributed by atoms with van der Waals surface area (Å²) in [6.07, 6.45) is 0.417. The van der Waals surface area contributed by atoms with Gasteiger partial charge in [-0.25, -0.2) is 0 Å². The van der Waals surface area contributed by atoms with E-state index in [1.807, 2.05) is 0 Å². The highest BCUT2D eigenvalue weighted by Crippen LogP contribution is 1.88. The van der Waals surface area contributed by atoms with Crippen LogP contribution in [0.5, 0.6) is 0 Å². The maximum absolute atomic E-state index is 9.19. The minimum absolute atomic E-state index is 0.526. The minimum atomic E-state index is -3.67. The Morgan fingerprint density at radius 1 is 0.500 bits per heavy atom. The van der Waals surface area contributed by atoms with Gasteiger partial charge in [0.1, 0.15) is 12.2 Å². The van der Waals surface area contributed by atoms with Gasteiger partial charge in [-0.2, -0.15) is 33.7 Å². The molecule has 0 aromatic rings. The summed E-state index contributed by atoms with van der Waals surface area (Å²) in [5.41, 5.74) is 0. The van der Waals surface area contributed by atoms with Crippen molar-refractivity contribution in [3.63, 3.8) is 0 Å². The maximum atomic E-state index is 9.19. The lowest BCUT2D eigenvalue weighted by Crippen LogP contribution is -2.31. The molecule has 0 spiro atoms. The van der Waals surface area contributed by atoms with E-state index >= 15 is 0 Å². The number of aliphatic hydroxyl groups excluding tert-OH is 4. The van der Waals surface area contributed by atoms with Crippen molar-refractivity contribution < 1.29 is 72.3 Å². The summed E-state index contributed by atoms with van der Waals surface area (Å²) in [5.74, 6) is 0. The molecule has 2 unspecified atom stereocenters. The van der Waals surface area contributed by atoms with E-state index in [0.29, 0.717) is 25.0 Å². The van der Waals surface area contributed by atoms with Gasteiger partial charge in [-0.05, 0) is 0 Å². The third-order valence-electron chi connectivity index (χ3n) is 0.818. The fourth-order valence-corrected chi connectivity index (χ4v) is 0.243. The highest BCUT2D eigenvalue weighted by Gasteiger charge is 2.12. The summed E-state index contributed by atoms with van der Waals surface area (Å²) in [5, 5.41) is 33.2. The molecule has 0 aromatic carbocycles. The Kier molecular flexibility index (Phi) is 23.6. The number of hydrogen-bond donors (Lipinski definition) is 8. The summed E-state index contributed by atoms with van der Waals surface area (Å²) in [6.45, 7) is -1.05. The molecule has 0 heterocycles. The van der Waals surface area contributed by atoms with Gasteiger partial charge in [0, 0.05) is 0 Å². The van der Waals surface area contributed by atoms with E-state index in [1.165, 1.54) is 0 Å². The molecule has 0 aromatic heterocycles. The van der Waals surface area contributed by atoms with Crippen molar-refractivity contribution in [1.29, 1.82) is 0 Å². The lowest BCUT2D eigenvalue weighted by molar-refractivity contribution is -0.0388. The molecule has 0 bridgehead atoms. The predicted molar refractivity (Wildman–Crippen MR) is 96.1 cm³/mol. The molecule has 0 amide bonds. The van der Waals surface area contributed by atoms with Crippen molar-refractivity contribution in [3.05, 3.63) is 0 Å². The van der Waals surface area contributed by atoms with Gasteiger partial charge in [-0.15, -0.1) is 0 Å². The van der Waals surface area contributed by atoms with Crippen molar-refractivity contribution in [2.24, 2.45) is 0 Å². The van der Waals surface area contributed by atoms with Gasteiger partial charge >= 0.3 is 0 Å². The molecule has 0 saturated carbocycles. The van der Waals surface area contributed by atoms with Crippen LogP contribution in [0.3, 0.4) is 0 Å². The van der Waals surface area contributed by atoms with E-state index in [0.717, 1.165) is 0 Å². The van der Waals surface area contributed by atoms with Crippen molar-refractivity contribution >= 4 is 40.5 Å². The van der Waals surface area contributed by atoms with Crippen LogP contribution in [0, 0.1) is 0 Å². The molecule has 8 N–H and O–H groups in total. The molecule has 0 radical (unpaired) electrons. The maximum Gasteiger partial charge on any atom is 0.261 e. The zero-order valence-corrected chi connectivity index (χ0v) is 18.3. The van der Waals surface area contributed by atoms with Gasteiger partial charge in [0.2, 0.25) is 0 Å². The summed E-state index contributed by atoms with van der Waals surface area (Å²) in [6, 6.07) is 0. The Labute approximate surface area is 163 Å². The third-order valence-corrected chi connectivity index (χ3v) is 0.818. The standard InChI is InChI=1S/C4H10O4.4CH4O3S/c5-1-3(7)4(8)2-6;4*1-5(2,3)4/h3-8H,1-2H2;4*1H3,(H,2,3,4). The normalized spacial score (nSPS) is 13.4. The molecule has 16 nitrogen and oxygen atoms in total. The van der Waals surface area contributed by atoms with Gasteiger partial charge in [0.15, 0.2) is 0 Å². The Morgan fingerprint density at radius 3 is 0.607 bits per heavy atom. The van der Waals surface area contributed by atoms with Crippen LogP contribution >= 0.6 is 0 Å². The summed E-state index contributed by atoms with van der Waals surface area (Å²) in [4.78, 5) is 0. The van der Waals surface area contributed by atoms with E-state index in [1.54, 1.807) is 0 Å². The second kappa shape index (κ2) is 17.3. The summed E-state index contributed by atoms with van der Waals surface area (Å²) in [7, 11) is -14.7. The number of aliphatic hydroxyl groups is 4. The average molecular weight is 507 g/mol. The molecule has 0 aliphatic carbocycles. The van der Waals surface area contributed by atoms with Crippen LogP contribution < -0.4 is 0 Å². The van der Waals surface area contributed by atoms with Gasteiger partial charge in [-0.3, -0.25) is 18.2 Å². The highest BCUT2D eigenvalue weighted by molar-refractivity contribution is 7.85. The van der Waals surface area contributed by atoms with E-state index < -0.39 is 65.9 Å². The molecule has 178 valence electrons. The van der Waals surface area contributed by atoms with Gasteiger partial charge < -0.3 is 20.4 Å². The largest absolute Gasteiger partial charge is 0.394 e. The van der Waals surface area contributed by atoms with Crippen LogP contribution in [-0.2, 0) is 40.5 Å². The predicted octanol–water partition coefficient (Wildman–Crippen LogP) is -4.29. The Bertz CT molecular complexity index is 603. The first-order valence-electron chi connectivity index (χ1n) is 6.00. The molecular formula is C8H26O16S4. The summed E-state index contributed by atoms with van der Waals surface area (Å²) < 4.78 is 103. The lowest BCUT2D eigenvalue weighted by atomic mass is 10.2. The fraction of sp³-hybridized carbons (Fsp3) is 1.00. The van der Waals surface area contributed by atoms with Crippen LogP contribution in [0.2, 0.25) is 0 Å². The smallest absolute Gasteiger partial charge is 0.261 e. The van der Waals surface area contributed by atoms with Gasteiger partial charge in [0.05, 0.1) is 38.2 Å². The molecular weight excluding hydrogens is 480 g/mol. The molecule has 0 saturated heterocycles. The van der Waals surface area contributed by atoms with E-state index in [2.05, 4.69) is 0 Å². The average Bonchev–Trinajstić information content (AvgIpc) is 2.28. The third kappa shape index (κ3) is 273. The highest BCUT2D eigenvalue weighted by atomic mass is 32.2. The minimum Gasteiger partial charge on any atom is -0.394 e. The Morgan fingerprint density at radius 2 is 0.571 bits per heavy atom. The Hall–Kier alpha value is -0.520. The molecule has 28 heavy (non-hydrogen) atoms. The lowest BCUT2D eigenvalue weighted by Gasteiger charge is -2.10. The zero-order valence-electron chi connectivity index (χ0n) is 15.0. The molecule has 20 heteroatoms. The van der Waals surface area contributed by atoms with Crippen molar-refractivity contribution in [2.45, 2.75) is 12.2 Å². The van der Waals surface area contributed by atoms with Crippen molar-refractivity contribution in [3.8, 4) is 0 Å². The SMILES string of the molecule is CS(=O)(=O)O.CS(=O)(=O)O.CS(=O)(=O)O.CS(=O)(=O)O.OCC(O)C(O)CO. The van der Waals surface area contributed by atoms with Crippen LogP contribution in [0.1, 0.15) is 0 Å². The first-order valence-corrected chi connectivity index (χ1v) is 13.4. The summed E-state index contributed by atoms with van der Waals surface area (Å²) >= 11 is 0. The van der Waals surface area contributed by atoms with Crippen LogP contribution in [-0.4, -0.2) is 123 Å². The molecule has 0 aliphatic rings. The van der Waals surface area contributed by atoms with E-state index in [9.17, 15) is 33.7 Å². The number of hydrogen-bond acceptors (Lipinski definition) is 12. The van der Waals surface area contributed by atoms with Crippen LogP contribution in [0.15, 0.2) is 0 Å². The van der Waals surface area contributed by atoms with Crippen molar-refractivity contribution in [1.82, 2.24) is 0 Å². The van der Waals surface area contributed by atoms with Gasteiger partial charge in [-0.1, -0.05) is 0 Å². The zero-order chi connectivity index (χ0) is 24.6. The molecule has 0 aliphatic heterocycles.